The van der Waals surface area contributed by atoms with E-state index in [1.807, 2.05) is 0 Å². The molecule has 1 saturated heterocycles. The van der Waals surface area contributed by atoms with Crippen LogP contribution in [-0.2, 0) is 25.7 Å². The average Bonchev–Trinajstić information content (AvgIpc) is 2.64. The summed E-state index contributed by atoms with van der Waals surface area (Å²) in [5.74, 6) is 0.153. The van der Waals surface area contributed by atoms with Crippen molar-refractivity contribution < 1.29 is 16.8 Å². The first-order chi connectivity index (χ1) is 9.26. The number of hydrogen-bond donors (Lipinski definition) is 0. The fourth-order valence-electron chi connectivity index (χ4n) is 1.93. The molecule has 0 radical (unpaired) electrons. The number of hydrogen-bond acceptors (Lipinski definition) is 5. The maximum absolute atomic E-state index is 12.6. The van der Waals surface area contributed by atoms with Crippen molar-refractivity contribution in [3.63, 3.8) is 0 Å². The van der Waals surface area contributed by atoms with E-state index >= 15 is 0 Å². The highest BCUT2D eigenvalue weighted by Gasteiger charge is 2.31. The summed E-state index contributed by atoms with van der Waals surface area (Å²) in [6, 6.07) is 1.54. The predicted molar refractivity (Wildman–Crippen MR) is 83.6 cm³/mol. The molecule has 0 amide bonds. The van der Waals surface area contributed by atoms with Gasteiger partial charge in [-0.05, 0) is 28.4 Å². The van der Waals surface area contributed by atoms with E-state index in [2.05, 4.69) is 15.9 Å². The van der Waals surface area contributed by atoms with Crippen LogP contribution in [0.1, 0.15) is 11.3 Å². The SMILES string of the molecule is O=S1(=O)CCCN(S(=O)(=O)c2cc(CCl)sc2Br)CC1. The lowest BCUT2D eigenvalue weighted by Gasteiger charge is -2.18. The van der Waals surface area contributed by atoms with Crippen molar-refractivity contribution in [2.75, 3.05) is 24.6 Å². The molecule has 0 atom stereocenters. The van der Waals surface area contributed by atoms with Gasteiger partial charge in [0.15, 0.2) is 9.84 Å². The van der Waals surface area contributed by atoms with Gasteiger partial charge in [0.2, 0.25) is 10.0 Å². The molecule has 5 nitrogen and oxygen atoms in total. The first-order valence-corrected chi connectivity index (χ1v) is 11.2. The largest absolute Gasteiger partial charge is 0.245 e. The monoisotopic (exact) mass is 421 g/mol. The minimum Gasteiger partial charge on any atom is -0.229 e. The van der Waals surface area contributed by atoms with Crippen LogP contribution in [0.15, 0.2) is 14.7 Å². The van der Waals surface area contributed by atoms with Gasteiger partial charge in [-0.1, -0.05) is 0 Å². The van der Waals surface area contributed by atoms with Gasteiger partial charge in [-0.2, -0.15) is 4.31 Å². The fourth-order valence-corrected chi connectivity index (χ4v) is 7.52. The van der Waals surface area contributed by atoms with Crippen molar-refractivity contribution >= 4 is 58.7 Å². The lowest BCUT2D eigenvalue weighted by atomic mass is 10.5. The van der Waals surface area contributed by atoms with E-state index in [1.54, 1.807) is 0 Å². The Hall–Kier alpha value is 0.330. The molecule has 10 heteroatoms. The summed E-state index contributed by atoms with van der Waals surface area (Å²) >= 11 is 10.2. The zero-order chi connectivity index (χ0) is 15.0. The van der Waals surface area contributed by atoms with Crippen molar-refractivity contribution in [3.05, 3.63) is 14.7 Å². The number of halogens is 2. The molecule has 0 spiro atoms. The Labute approximate surface area is 136 Å². The predicted octanol–water partition coefficient (Wildman–Crippen LogP) is 2.06. The third-order valence-corrected chi connectivity index (χ3v) is 9.28. The van der Waals surface area contributed by atoms with Gasteiger partial charge < -0.3 is 0 Å². The van der Waals surface area contributed by atoms with Gasteiger partial charge >= 0.3 is 0 Å². The van der Waals surface area contributed by atoms with Crippen LogP contribution in [-0.4, -0.2) is 45.7 Å². The zero-order valence-corrected chi connectivity index (χ0v) is 15.2. The first kappa shape index (κ1) is 16.7. The highest BCUT2D eigenvalue weighted by molar-refractivity contribution is 9.11. The molecule has 0 bridgehead atoms. The molecule has 1 aliphatic rings. The van der Waals surface area contributed by atoms with Crippen LogP contribution < -0.4 is 0 Å². The number of alkyl halides is 1. The molecule has 2 rings (SSSR count). The molecule has 1 aliphatic heterocycles. The van der Waals surface area contributed by atoms with Crippen LogP contribution in [0.25, 0.3) is 0 Å². The summed E-state index contributed by atoms with van der Waals surface area (Å²) in [5.41, 5.74) is 0. The standard InChI is InChI=1S/C10H13BrClNO4S3/c11-10-9(6-8(7-12)18-10)20(16,17)13-2-1-4-19(14,15)5-3-13/h6H,1-5,7H2. The second-order valence-corrected chi connectivity index (χ2v) is 11.3. The highest BCUT2D eigenvalue weighted by atomic mass is 79.9. The van der Waals surface area contributed by atoms with E-state index < -0.39 is 19.9 Å². The molecule has 0 N–H and O–H groups in total. The van der Waals surface area contributed by atoms with Gasteiger partial charge in [0.25, 0.3) is 0 Å². The van der Waals surface area contributed by atoms with Crippen LogP contribution in [0.5, 0.6) is 0 Å². The Balaban J connectivity index is 2.32. The zero-order valence-electron chi connectivity index (χ0n) is 10.4. The molecule has 2 heterocycles. The molecule has 0 aromatic carbocycles. The molecule has 0 aliphatic carbocycles. The maximum Gasteiger partial charge on any atom is 0.245 e. The summed E-state index contributed by atoms with van der Waals surface area (Å²) in [6.07, 6.45) is 0.325. The number of thiophene rings is 1. The van der Waals surface area contributed by atoms with E-state index in [4.69, 9.17) is 11.6 Å². The van der Waals surface area contributed by atoms with E-state index in [0.29, 0.717) is 10.2 Å². The Kier molecular flexibility index (Phi) is 5.19. The maximum atomic E-state index is 12.6. The Morgan fingerprint density at radius 1 is 1.35 bits per heavy atom. The molecule has 0 saturated carbocycles. The minimum atomic E-state index is -3.68. The number of sulfone groups is 1. The van der Waals surface area contributed by atoms with E-state index in [9.17, 15) is 16.8 Å². The summed E-state index contributed by atoms with van der Waals surface area (Å²) in [7, 11) is -6.82. The molecule has 114 valence electrons. The van der Waals surface area contributed by atoms with Gasteiger partial charge in [0.1, 0.15) is 4.90 Å². The summed E-state index contributed by atoms with van der Waals surface area (Å²) in [5, 5.41) is 0. The highest BCUT2D eigenvalue weighted by Crippen LogP contribution is 2.34. The van der Waals surface area contributed by atoms with Crippen LogP contribution in [0, 0.1) is 0 Å². The van der Waals surface area contributed by atoms with E-state index in [0.717, 1.165) is 4.88 Å². The van der Waals surface area contributed by atoms with Gasteiger partial charge in [-0.25, -0.2) is 16.8 Å². The second-order valence-electron chi connectivity index (χ2n) is 4.39. The average molecular weight is 423 g/mol. The van der Waals surface area contributed by atoms with Gasteiger partial charge in [0, 0.05) is 18.0 Å². The Bertz CT molecular complexity index is 698. The molecule has 1 fully saturated rings. The van der Waals surface area contributed by atoms with E-state index in [1.165, 1.54) is 21.7 Å². The number of rotatable bonds is 3. The van der Waals surface area contributed by atoms with Crippen LogP contribution in [0.4, 0.5) is 0 Å². The normalized spacial score (nSPS) is 20.7. The second kappa shape index (κ2) is 6.21. The third kappa shape index (κ3) is 3.56. The molecular formula is C10H13BrClNO4S3. The fraction of sp³-hybridized carbons (Fsp3) is 0.600. The molecule has 1 aromatic heterocycles. The topological polar surface area (TPSA) is 71.5 Å². The molecule has 20 heavy (non-hydrogen) atoms. The quantitative estimate of drug-likeness (QED) is 0.699. The number of nitrogens with zero attached hydrogens (tertiary/aromatic N) is 1. The van der Waals surface area contributed by atoms with Gasteiger partial charge in [-0.3, -0.25) is 0 Å². The number of sulfonamides is 1. The minimum absolute atomic E-state index is 0.00314. The van der Waals surface area contributed by atoms with Crippen molar-refractivity contribution in [1.29, 1.82) is 0 Å². The summed E-state index contributed by atoms with van der Waals surface area (Å²) in [6.45, 7) is 0.225. The van der Waals surface area contributed by atoms with Crippen molar-refractivity contribution in [1.82, 2.24) is 4.31 Å². The Morgan fingerprint density at radius 3 is 2.65 bits per heavy atom. The van der Waals surface area contributed by atoms with Crippen molar-refractivity contribution in [3.8, 4) is 0 Å². The third-order valence-electron chi connectivity index (χ3n) is 2.97. The van der Waals surface area contributed by atoms with Crippen molar-refractivity contribution in [2.45, 2.75) is 17.2 Å². The van der Waals surface area contributed by atoms with Crippen LogP contribution >= 0.6 is 38.9 Å². The van der Waals surface area contributed by atoms with E-state index in [-0.39, 0.29) is 35.4 Å². The Morgan fingerprint density at radius 2 is 2.05 bits per heavy atom. The van der Waals surface area contributed by atoms with Gasteiger partial charge in [-0.15, -0.1) is 22.9 Å². The summed E-state index contributed by atoms with van der Waals surface area (Å²) < 4.78 is 50.0. The lowest BCUT2D eigenvalue weighted by Crippen LogP contribution is -2.33. The smallest absolute Gasteiger partial charge is 0.229 e. The lowest BCUT2D eigenvalue weighted by molar-refractivity contribution is 0.434. The van der Waals surface area contributed by atoms with Crippen LogP contribution in [0.2, 0.25) is 0 Å². The first-order valence-electron chi connectivity index (χ1n) is 5.81. The van der Waals surface area contributed by atoms with Crippen molar-refractivity contribution in [2.24, 2.45) is 0 Å². The molecule has 1 aromatic rings. The van der Waals surface area contributed by atoms with Crippen LogP contribution in [0.3, 0.4) is 0 Å². The summed E-state index contributed by atoms with van der Waals surface area (Å²) in [4.78, 5) is 0.914. The molecular weight excluding hydrogens is 410 g/mol. The van der Waals surface area contributed by atoms with Gasteiger partial charge in [0.05, 0.1) is 21.2 Å². The molecule has 0 unspecified atom stereocenters.